The van der Waals surface area contributed by atoms with Crippen LogP contribution in [0.25, 0.3) is 0 Å². The number of unbranched alkanes of at least 4 members (excludes halogenated alkanes) is 6. The molecule has 1 aromatic carbocycles. The second-order valence-corrected chi connectivity index (χ2v) is 5.25. The Hall–Kier alpha value is -1.35. The number of hydrogen-bond donors (Lipinski definition) is 1. The van der Waals surface area contributed by atoms with E-state index in [0.717, 1.165) is 12.8 Å². The number of amides is 1. The number of nitrogens with zero attached hydrogens (tertiary/aromatic N) is 1. The van der Waals surface area contributed by atoms with Crippen LogP contribution in [0.3, 0.4) is 0 Å². The lowest BCUT2D eigenvalue weighted by Gasteiger charge is -2.00. The van der Waals surface area contributed by atoms with Gasteiger partial charge in [-0.15, -0.1) is 0 Å². The van der Waals surface area contributed by atoms with Crippen LogP contribution in [0, 0.1) is 0 Å². The van der Waals surface area contributed by atoms with Crippen molar-refractivity contribution >= 4 is 23.7 Å². The minimum absolute atomic E-state index is 0.208. The van der Waals surface area contributed by atoms with Crippen molar-refractivity contribution in [3.05, 3.63) is 34.9 Å². The van der Waals surface area contributed by atoms with Crippen molar-refractivity contribution in [1.29, 1.82) is 0 Å². The first-order chi connectivity index (χ1) is 9.74. The molecule has 110 valence electrons. The van der Waals surface area contributed by atoms with Gasteiger partial charge in [0.25, 0.3) is 5.91 Å². The van der Waals surface area contributed by atoms with Gasteiger partial charge in [-0.05, 0) is 37.1 Å². The predicted octanol–water partition coefficient (Wildman–Crippen LogP) is 4.81. The molecule has 0 spiro atoms. The Bertz CT molecular complexity index is 415. The molecule has 0 aromatic heterocycles. The number of carbonyl (C=O) groups is 1. The third kappa shape index (κ3) is 7.29. The Morgan fingerprint density at radius 1 is 1.15 bits per heavy atom. The molecule has 3 nitrogen and oxygen atoms in total. The molecule has 0 aliphatic rings. The van der Waals surface area contributed by atoms with Gasteiger partial charge in [0.1, 0.15) is 0 Å². The highest BCUT2D eigenvalue weighted by Gasteiger charge is 2.02. The zero-order valence-corrected chi connectivity index (χ0v) is 12.8. The fourth-order valence-electron chi connectivity index (χ4n) is 1.85. The zero-order valence-electron chi connectivity index (χ0n) is 12.1. The van der Waals surface area contributed by atoms with Crippen molar-refractivity contribution in [1.82, 2.24) is 5.43 Å². The van der Waals surface area contributed by atoms with Gasteiger partial charge in [0.15, 0.2) is 0 Å². The van der Waals surface area contributed by atoms with E-state index in [1.807, 2.05) is 0 Å². The van der Waals surface area contributed by atoms with E-state index in [2.05, 4.69) is 17.5 Å². The van der Waals surface area contributed by atoms with E-state index in [0.29, 0.717) is 10.6 Å². The van der Waals surface area contributed by atoms with Gasteiger partial charge in [0.05, 0.1) is 0 Å². The van der Waals surface area contributed by atoms with Crippen LogP contribution in [0.1, 0.15) is 62.2 Å². The summed E-state index contributed by atoms with van der Waals surface area (Å²) in [6.45, 7) is 2.22. The van der Waals surface area contributed by atoms with E-state index in [1.54, 1.807) is 30.5 Å². The number of carbonyl (C=O) groups excluding carboxylic acids is 1. The average molecular weight is 295 g/mol. The summed E-state index contributed by atoms with van der Waals surface area (Å²) >= 11 is 5.76. The molecular weight excluding hydrogens is 272 g/mol. The lowest BCUT2D eigenvalue weighted by Crippen LogP contribution is -2.17. The van der Waals surface area contributed by atoms with Gasteiger partial charge < -0.3 is 0 Å². The van der Waals surface area contributed by atoms with Crippen LogP contribution in [-0.4, -0.2) is 12.1 Å². The molecule has 1 aromatic rings. The number of nitrogens with one attached hydrogen (secondary N) is 1. The third-order valence-electron chi connectivity index (χ3n) is 3.05. The number of rotatable bonds is 9. The Labute approximate surface area is 126 Å². The summed E-state index contributed by atoms with van der Waals surface area (Å²) in [5.41, 5.74) is 3.08. The van der Waals surface area contributed by atoms with Gasteiger partial charge in [0, 0.05) is 16.8 Å². The second kappa shape index (κ2) is 10.4. The molecule has 0 heterocycles. The van der Waals surface area contributed by atoms with Crippen LogP contribution in [-0.2, 0) is 0 Å². The van der Waals surface area contributed by atoms with E-state index in [1.165, 1.54) is 32.1 Å². The summed E-state index contributed by atoms with van der Waals surface area (Å²) in [6, 6.07) is 6.74. The number of hydrogen-bond acceptors (Lipinski definition) is 2. The van der Waals surface area contributed by atoms with E-state index < -0.39 is 0 Å². The highest BCUT2D eigenvalue weighted by molar-refractivity contribution is 6.30. The van der Waals surface area contributed by atoms with E-state index in [4.69, 9.17) is 11.6 Å². The normalized spacial score (nSPS) is 10.9. The highest BCUT2D eigenvalue weighted by Crippen LogP contribution is 2.09. The molecule has 1 N–H and O–H groups in total. The van der Waals surface area contributed by atoms with Crippen molar-refractivity contribution in [2.24, 2.45) is 5.10 Å². The van der Waals surface area contributed by atoms with Crippen LogP contribution in [0.15, 0.2) is 29.4 Å². The molecule has 0 unspecified atom stereocenters. The van der Waals surface area contributed by atoms with Crippen LogP contribution in [0.5, 0.6) is 0 Å². The largest absolute Gasteiger partial charge is 0.271 e. The van der Waals surface area contributed by atoms with Gasteiger partial charge in [0.2, 0.25) is 0 Å². The van der Waals surface area contributed by atoms with E-state index >= 15 is 0 Å². The second-order valence-electron chi connectivity index (χ2n) is 4.82. The highest BCUT2D eigenvalue weighted by atomic mass is 35.5. The standard InChI is InChI=1S/C16H23ClN2O/c1-2-3-4-5-6-7-8-13-18-19-16(20)14-9-11-15(17)12-10-14/h9-13H,2-8H2,1H3,(H,19,20). The Morgan fingerprint density at radius 3 is 2.50 bits per heavy atom. The molecule has 0 bridgehead atoms. The molecule has 0 saturated heterocycles. The molecular formula is C16H23ClN2O. The van der Waals surface area contributed by atoms with Gasteiger partial charge in [-0.1, -0.05) is 50.6 Å². The van der Waals surface area contributed by atoms with Crippen molar-refractivity contribution in [2.75, 3.05) is 0 Å². The van der Waals surface area contributed by atoms with Crippen LogP contribution in [0.4, 0.5) is 0 Å². The first-order valence-electron chi connectivity index (χ1n) is 7.31. The summed E-state index contributed by atoms with van der Waals surface area (Å²) < 4.78 is 0. The molecule has 0 saturated carbocycles. The van der Waals surface area contributed by atoms with Crippen LogP contribution >= 0.6 is 11.6 Å². The summed E-state index contributed by atoms with van der Waals surface area (Å²) in [5, 5.41) is 4.57. The lowest BCUT2D eigenvalue weighted by atomic mass is 10.1. The zero-order chi connectivity index (χ0) is 14.6. The first-order valence-corrected chi connectivity index (χ1v) is 7.69. The molecule has 0 atom stereocenters. The van der Waals surface area contributed by atoms with Crippen molar-refractivity contribution in [3.8, 4) is 0 Å². The van der Waals surface area contributed by atoms with Crippen LogP contribution < -0.4 is 5.43 Å². The van der Waals surface area contributed by atoms with Crippen molar-refractivity contribution < 1.29 is 4.79 Å². The monoisotopic (exact) mass is 294 g/mol. The summed E-state index contributed by atoms with van der Waals surface area (Å²) in [4.78, 5) is 11.7. The van der Waals surface area contributed by atoms with Gasteiger partial charge in [-0.2, -0.15) is 5.10 Å². The molecule has 20 heavy (non-hydrogen) atoms. The fraction of sp³-hybridized carbons (Fsp3) is 0.500. The number of benzene rings is 1. The predicted molar refractivity (Wildman–Crippen MR) is 85.4 cm³/mol. The Kier molecular flexibility index (Phi) is 8.72. The maximum absolute atomic E-state index is 11.7. The number of hydrazone groups is 1. The molecule has 0 radical (unpaired) electrons. The summed E-state index contributed by atoms with van der Waals surface area (Å²) in [7, 11) is 0. The van der Waals surface area contributed by atoms with Gasteiger partial charge in [-0.3, -0.25) is 4.79 Å². The van der Waals surface area contributed by atoms with Crippen LogP contribution in [0.2, 0.25) is 5.02 Å². The Morgan fingerprint density at radius 2 is 1.80 bits per heavy atom. The maximum atomic E-state index is 11.7. The van der Waals surface area contributed by atoms with E-state index in [9.17, 15) is 4.79 Å². The first kappa shape index (κ1) is 16.7. The minimum atomic E-state index is -0.208. The molecule has 1 amide bonds. The SMILES string of the molecule is CCCCCCCCC=NNC(=O)c1ccc(Cl)cc1. The van der Waals surface area contributed by atoms with Gasteiger partial charge in [-0.25, -0.2) is 5.43 Å². The smallest absolute Gasteiger partial charge is 0.267 e. The third-order valence-corrected chi connectivity index (χ3v) is 3.30. The van der Waals surface area contributed by atoms with Crippen molar-refractivity contribution in [3.63, 3.8) is 0 Å². The average Bonchev–Trinajstić information content (AvgIpc) is 2.46. The summed E-state index contributed by atoms with van der Waals surface area (Å²) in [5.74, 6) is -0.208. The number of halogens is 1. The summed E-state index contributed by atoms with van der Waals surface area (Å²) in [6.07, 6.45) is 10.3. The topological polar surface area (TPSA) is 41.5 Å². The van der Waals surface area contributed by atoms with Gasteiger partial charge >= 0.3 is 0 Å². The Balaban J connectivity index is 2.11. The molecule has 4 heteroatoms. The molecule has 0 aliphatic heterocycles. The molecule has 0 aliphatic carbocycles. The molecule has 0 fully saturated rings. The maximum Gasteiger partial charge on any atom is 0.271 e. The minimum Gasteiger partial charge on any atom is -0.267 e. The molecule has 1 rings (SSSR count). The fourth-order valence-corrected chi connectivity index (χ4v) is 1.98. The van der Waals surface area contributed by atoms with Crippen molar-refractivity contribution in [2.45, 2.75) is 51.9 Å². The van der Waals surface area contributed by atoms with E-state index in [-0.39, 0.29) is 5.91 Å². The lowest BCUT2D eigenvalue weighted by molar-refractivity contribution is 0.0955. The quantitative estimate of drug-likeness (QED) is 0.396.